The van der Waals surface area contributed by atoms with Crippen LogP contribution < -0.4 is 10.6 Å². The van der Waals surface area contributed by atoms with Gasteiger partial charge in [0.15, 0.2) is 0 Å². The number of hydrogen-bond acceptors (Lipinski definition) is 4. The minimum atomic E-state index is -3.52. The summed E-state index contributed by atoms with van der Waals surface area (Å²) in [6, 6.07) is 15.9. The van der Waals surface area contributed by atoms with Gasteiger partial charge in [-0.15, -0.1) is 0 Å². The average molecular weight is 430 g/mol. The van der Waals surface area contributed by atoms with E-state index < -0.39 is 10.0 Å². The van der Waals surface area contributed by atoms with Crippen LogP contribution in [0.2, 0.25) is 0 Å². The number of nitrogens with zero attached hydrogens (tertiary/aromatic N) is 1. The molecule has 1 heterocycles. The van der Waals surface area contributed by atoms with E-state index >= 15 is 0 Å². The predicted octanol–water partition coefficient (Wildman–Crippen LogP) is 2.54. The molecule has 30 heavy (non-hydrogen) atoms. The molecule has 3 rings (SSSR count). The Morgan fingerprint density at radius 1 is 1.03 bits per heavy atom. The topological polar surface area (TPSA) is 95.6 Å². The van der Waals surface area contributed by atoms with Crippen LogP contribution in [-0.4, -0.2) is 44.2 Å². The van der Waals surface area contributed by atoms with E-state index in [-0.39, 0.29) is 35.6 Å². The fourth-order valence-corrected chi connectivity index (χ4v) is 4.98. The molecule has 160 valence electrons. The van der Waals surface area contributed by atoms with Crippen LogP contribution in [0.4, 0.5) is 5.69 Å². The first kappa shape index (κ1) is 22.0. The monoisotopic (exact) mass is 429 g/mol. The lowest BCUT2D eigenvalue weighted by atomic mass is 9.97. The van der Waals surface area contributed by atoms with Gasteiger partial charge in [-0.05, 0) is 49.6 Å². The van der Waals surface area contributed by atoms with Crippen LogP contribution in [0, 0.1) is 12.8 Å². The summed E-state index contributed by atoms with van der Waals surface area (Å²) in [5.41, 5.74) is 1.79. The maximum Gasteiger partial charge on any atom is 0.243 e. The molecule has 0 radical (unpaired) electrons. The summed E-state index contributed by atoms with van der Waals surface area (Å²) >= 11 is 0. The minimum Gasteiger partial charge on any atom is -0.355 e. The number of carbonyl (C=O) groups is 2. The lowest BCUT2D eigenvalue weighted by Gasteiger charge is -2.30. The molecule has 0 unspecified atom stereocenters. The third-order valence-electron chi connectivity index (χ3n) is 5.16. The van der Waals surface area contributed by atoms with Gasteiger partial charge in [0.2, 0.25) is 21.8 Å². The summed E-state index contributed by atoms with van der Waals surface area (Å²) in [4.78, 5) is 24.7. The summed E-state index contributed by atoms with van der Waals surface area (Å²) < 4.78 is 26.8. The molecule has 0 aromatic heterocycles. The van der Waals surface area contributed by atoms with E-state index in [0.717, 1.165) is 11.3 Å². The Morgan fingerprint density at radius 2 is 1.73 bits per heavy atom. The summed E-state index contributed by atoms with van der Waals surface area (Å²) in [7, 11) is -3.52. The molecule has 1 fully saturated rings. The molecule has 0 atom stereocenters. The molecule has 0 bridgehead atoms. The molecule has 1 aliphatic heterocycles. The van der Waals surface area contributed by atoms with Gasteiger partial charge in [-0.3, -0.25) is 9.59 Å². The number of carbonyl (C=O) groups excluding carboxylic acids is 2. The van der Waals surface area contributed by atoms with Gasteiger partial charge in [0.1, 0.15) is 0 Å². The van der Waals surface area contributed by atoms with Gasteiger partial charge in [0, 0.05) is 37.7 Å². The van der Waals surface area contributed by atoms with Crippen LogP contribution in [0.3, 0.4) is 0 Å². The highest BCUT2D eigenvalue weighted by Gasteiger charge is 2.31. The number of aryl methyl sites for hydroxylation is 1. The molecule has 7 nitrogen and oxygen atoms in total. The normalized spacial score (nSPS) is 15.5. The van der Waals surface area contributed by atoms with E-state index in [2.05, 4.69) is 10.6 Å². The van der Waals surface area contributed by atoms with Crippen molar-refractivity contribution >= 4 is 27.5 Å². The van der Waals surface area contributed by atoms with E-state index in [1.807, 2.05) is 31.2 Å². The summed E-state index contributed by atoms with van der Waals surface area (Å²) in [6.07, 6.45) is 1.11. The number of sulfonamides is 1. The molecular weight excluding hydrogens is 402 g/mol. The minimum absolute atomic E-state index is 0.130. The molecule has 0 spiro atoms. The van der Waals surface area contributed by atoms with Crippen molar-refractivity contribution < 1.29 is 18.0 Å². The predicted molar refractivity (Wildman–Crippen MR) is 115 cm³/mol. The van der Waals surface area contributed by atoms with Gasteiger partial charge in [0.25, 0.3) is 0 Å². The molecule has 2 N–H and O–H groups in total. The first-order chi connectivity index (χ1) is 14.4. The number of nitrogens with one attached hydrogen (secondary N) is 2. The van der Waals surface area contributed by atoms with Crippen LogP contribution in [0.25, 0.3) is 0 Å². The van der Waals surface area contributed by atoms with Crippen LogP contribution in [-0.2, 0) is 19.6 Å². The Morgan fingerprint density at radius 3 is 2.40 bits per heavy atom. The molecule has 2 aromatic rings. The Balaban J connectivity index is 1.42. The maximum atomic E-state index is 12.7. The molecular formula is C22H27N3O4S. The smallest absolute Gasteiger partial charge is 0.243 e. The van der Waals surface area contributed by atoms with E-state index in [0.29, 0.717) is 25.9 Å². The van der Waals surface area contributed by atoms with Crippen molar-refractivity contribution in [1.82, 2.24) is 9.62 Å². The lowest BCUT2D eigenvalue weighted by molar-refractivity contribution is -0.126. The number of hydrogen-bond donors (Lipinski definition) is 2. The fraction of sp³-hybridized carbons (Fsp3) is 0.364. The Labute approximate surface area is 177 Å². The van der Waals surface area contributed by atoms with Gasteiger partial charge in [0.05, 0.1) is 4.90 Å². The number of benzene rings is 2. The second kappa shape index (κ2) is 9.86. The van der Waals surface area contributed by atoms with Crippen LogP contribution in [0.1, 0.15) is 24.8 Å². The zero-order chi connectivity index (χ0) is 21.6. The van der Waals surface area contributed by atoms with Crippen molar-refractivity contribution in [3.8, 4) is 0 Å². The Hall–Kier alpha value is -2.71. The van der Waals surface area contributed by atoms with E-state index in [4.69, 9.17) is 0 Å². The van der Waals surface area contributed by atoms with E-state index in [9.17, 15) is 18.0 Å². The number of piperidine rings is 1. The maximum absolute atomic E-state index is 12.7. The molecule has 8 heteroatoms. The van der Waals surface area contributed by atoms with Gasteiger partial charge >= 0.3 is 0 Å². The zero-order valence-corrected chi connectivity index (χ0v) is 17.8. The number of rotatable bonds is 7. The highest BCUT2D eigenvalue weighted by atomic mass is 32.2. The second-order valence-corrected chi connectivity index (χ2v) is 9.39. The molecule has 2 aromatic carbocycles. The quantitative estimate of drug-likeness (QED) is 0.707. The number of anilines is 1. The molecule has 0 aliphatic carbocycles. The lowest BCUT2D eigenvalue weighted by Crippen LogP contribution is -2.43. The molecule has 1 saturated heterocycles. The molecule has 0 saturated carbocycles. The third kappa shape index (κ3) is 5.67. The highest BCUT2D eigenvalue weighted by Crippen LogP contribution is 2.23. The van der Waals surface area contributed by atoms with Crippen LogP contribution in [0.15, 0.2) is 59.5 Å². The van der Waals surface area contributed by atoms with Gasteiger partial charge in [-0.25, -0.2) is 8.42 Å². The van der Waals surface area contributed by atoms with Crippen LogP contribution in [0.5, 0.6) is 0 Å². The zero-order valence-electron chi connectivity index (χ0n) is 17.0. The number of amides is 2. The van der Waals surface area contributed by atoms with Gasteiger partial charge in [-0.2, -0.15) is 4.31 Å². The first-order valence-corrected chi connectivity index (χ1v) is 11.5. The summed E-state index contributed by atoms with van der Waals surface area (Å²) in [5.74, 6) is -0.535. The SMILES string of the molecule is Cc1cccc(NC(=O)CCNC(=O)C2CCN(S(=O)(=O)c3ccccc3)CC2)c1. The fourth-order valence-electron chi connectivity index (χ4n) is 3.49. The van der Waals surface area contributed by atoms with E-state index in [1.54, 1.807) is 30.3 Å². The standard InChI is InChI=1S/C22H27N3O4S/c1-17-6-5-7-19(16-17)24-21(26)10-13-23-22(27)18-11-14-25(15-12-18)30(28,29)20-8-3-2-4-9-20/h2-9,16,18H,10-15H2,1H3,(H,23,27)(H,24,26). The Kier molecular flexibility index (Phi) is 7.23. The highest BCUT2D eigenvalue weighted by molar-refractivity contribution is 7.89. The first-order valence-electron chi connectivity index (χ1n) is 10.1. The Bertz CT molecular complexity index is 984. The van der Waals surface area contributed by atoms with Gasteiger partial charge in [-0.1, -0.05) is 30.3 Å². The van der Waals surface area contributed by atoms with Gasteiger partial charge < -0.3 is 10.6 Å². The molecule has 1 aliphatic rings. The summed E-state index contributed by atoms with van der Waals surface area (Å²) in [5, 5.41) is 5.61. The van der Waals surface area contributed by atoms with Crippen LogP contribution >= 0.6 is 0 Å². The summed E-state index contributed by atoms with van der Waals surface area (Å²) in [6.45, 7) is 2.82. The van der Waals surface area contributed by atoms with Crippen molar-refractivity contribution in [3.05, 3.63) is 60.2 Å². The van der Waals surface area contributed by atoms with Crippen molar-refractivity contribution in [1.29, 1.82) is 0 Å². The average Bonchev–Trinajstić information content (AvgIpc) is 2.74. The largest absolute Gasteiger partial charge is 0.355 e. The second-order valence-electron chi connectivity index (χ2n) is 7.45. The van der Waals surface area contributed by atoms with Crippen molar-refractivity contribution in [2.75, 3.05) is 25.0 Å². The van der Waals surface area contributed by atoms with Crippen molar-refractivity contribution in [3.63, 3.8) is 0 Å². The molecule has 2 amide bonds. The third-order valence-corrected chi connectivity index (χ3v) is 7.07. The van der Waals surface area contributed by atoms with E-state index in [1.165, 1.54) is 4.31 Å². The van der Waals surface area contributed by atoms with Crippen molar-refractivity contribution in [2.45, 2.75) is 31.1 Å². The van der Waals surface area contributed by atoms with Crippen molar-refractivity contribution in [2.24, 2.45) is 5.92 Å².